The molecule has 2 rings (SSSR count). The Kier molecular flexibility index (Phi) is 7.44. The van der Waals surface area contributed by atoms with E-state index in [-0.39, 0.29) is 17.9 Å². The first-order valence-corrected chi connectivity index (χ1v) is 8.18. The second-order valence-corrected chi connectivity index (χ2v) is 5.30. The molecule has 2 aromatic carbocycles. The average Bonchev–Trinajstić information content (AvgIpc) is 2.67. The number of rotatable bonds is 8. The number of nitrogens with one attached hydrogen (secondary N) is 1. The lowest BCUT2D eigenvalue weighted by Gasteiger charge is -2.10. The van der Waals surface area contributed by atoms with Crippen LogP contribution in [0.4, 0.5) is 14.5 Å². The summed E-state index contributed by atoms with van der Waals surface area (Å²) in [5.74, 6) is -2.47. The van der Waals surface area contributed by atoms with Gasteiger partial charge in [-0.1, -0.05) is 12.1 Å². The molecule has 0 aliphatic carbocycles. The summed E-state index contributed by atoms with van der Waals surface area (Å²) < 4.78 is 38.7. The molecular formula is C19H17F2NO6. The van der Waals surface area contributed by atoms with Crippen LogP contribution in [-0.2, 0) is 14.3 Å². The number of esters is 2. The number of ether oxygens (including phenoxy) is 3. The quantitative estimate of drug-likeness (QED) is 0.693. The van der Waals surface area contributed by atoms with Gasteiger partial charge in [0.05, 0.1) is 12.2 Å². The van der Waals surface area contributed by atoms with Crippen LogP contribution in [0.5, 0.6) is 5.75 Å². The van der Waals surface area contributed by atoms with E-state index in [1.807, 2.05) is 0 Å². The van der Waals surface area contributed by atoms with Gasteiger partial charge in [-0.25, -0.2) is 9.59 Å². The van der Waals surface area contributed by atoms with Crippen LogP contribution in [0.15, 0.2) is 48.5 Å². The molecule has 0 saturated heterocycles. The first kappa shape index (κ1) is 20.8. The number of anilines is 1. The number of benzene rings is 2. The van der Waals surface area contributed by atoms with Crippen LogP contribution in [0.25, 0.3) is 0 Å². The predicted molar refractivity (Wildman–Crippen MR) is 94.4 cm³/mol. The van der Waals surface area contributed by atoms with E-state index in [1.54, 1.807) is 6.92 Å². The minimum atomic E-state index is -3.10. The van der Waals surface area contributed by atoms with E-state index in [9.17, 15) is 23.2 Å². The van der Waals surface area contributed by atoms with Crippen molar-refractivity contribution in [1.82, 2.24) is 0 Å². The largest absolute Gasteiger partial charge is 0.462 e. The van der Waals surface area contributed by atoms with Gasteiger partial charge < -0.3 is 19.5 Å². The number of hydrogen-bond acceptors (Lipinski definition) is 6. The van der Waals surface area contributed by atoms with Gasteiger partial charge in [-0.15, -0.1) is 0 Å². The van der Waals surface area contributed by atoms with E-state index in [1.165, 1.54) is 48.5 Å². The molecule has 9 heteroatoms. The Hall–Kier alpha value is -3.49. The van der Waals surface area contributed by atoms with E-state index >= 15 is 0 Å². The maximum Gasteiger partial charge on any atom is 0.387 e. The van der Waals surface area contributed by atoms with Crippen molar-refractivity contribution < 1.29 is 37.4 Å². The Balaban J connectivity index is 1.90. The maximum absolute atomic E-state index is 12.4. The molecule has 28 heavy (non-hydrogen) atoms. The number of alkyl halides is 2. The zero-order valence-corrected chi connectivity index (χ0v) is 14.8. The first-order valence-electron chi connectivity index (χ1n) is 8.18. The third-order valence-electron chi connectivity index (χ3n) is 3.34. The number of amides is 1. The minimum Gasteiger partial charge on any atom is -0.462 e. The number of para-hydroxylation sites is 1. The number of hydrogen-bond donors (Lipinski definition) is 1. The molecule has 0 aliphatic heterocycles. The van der Waals surface area contributed by atoms with Crippen LogP contribution in [0.3, 0.4) is 0 Å². The van der Waals surface area contributed by atoms with Gasteiger partial charge in [-0.05, 0) is 43.3 Å². The van der Waals surface area contributed by atoms with Gasteiger partial charge in [0.1, 0.15) is 11.3 Å². The highest BCUT2D eigenvalue weighted by atomic mass is 19.3. The SMILES string of the molecule is CCOC(=O)c1ccc(NC(=O)COC(=O)c2ccccc2OC(F)F)cc1. The molecule has 0 unspecified atom stereocenters. The second kappa shape index (κ2) is 10.0. The maximum atomic E-state index is 12.4. The van der Waals surface area contributed by atoms with Crippen molar-refractivity contribution in [2.24, 2.45) is 0 Å². The molecule has 2 aromatic rings. The Morgan fingerprint density at radius 3 is 2.29 bits per heavy atom. The highest BCUT2D eigenvalue weighted by molar-refractivity contribution is 5.97. The molecule has 0 fully saturated rings. The van der Waals surface area contributed by atoms with Crippen LogP contribution in [0, 0.1) is 0 Å². The molecule has 0 heterocycles. The van der Waals surface area contributed by atoms with Crippen molar-refractivity contribution in [1.29, 1.82) is 0 Å². The molecule has 148 valence electrons. The van der Waals surface area contributed by atoms with Crippen LogP contribution in [0.1, 0.15) is 27.6 Å². The van der Waals surface area contributed by atoms with Crippen LogP contribution in [-0.4, -0.2) is 37.7 Å². The smallest absolute Gasteiger partial charge is 0.387 e. The molecule has 1 N–H and O–H groups in total. The van der Waals surface area contributed by atoms with Gasteiger partial charge in [0, 0.05) is 5.69 Å². The van der Waals surface area contributed by atoms with E-state index in [0.29, 0.717) is 11.3 Å². The molecule has 0 atom stereocenters. The molecule has 1 amide bonds. The van der Waals surface area contributed by atoms with Crippen molar-refractivity contribution in [3.8, 4) is 5.75 Å². The summed E-state index contributed by atoms with van der Waals surface area (Å²) in [5, 5.41) is 2.47. The fourth-order valence-corrected chi connectivity index (χ4v) is 2.14. The molecule has 0 spiro atoms. The molecule has 0 bridgehead atoms. The Bertz CT molecular complexity index is 839. The zero-order chi connectivity index (χ0) is 20.5. The standard InChI is InChI=1S/C19H17F2NO6/c1-2-26-17(24)12-7-9-13(10-8-12)22-16(23)11-27-18(25)14-5-3-4-6-15(14)28-19(20)21/h3-10,19H,2,11H2,1H3,(H,22,23). The minimum absolute atomic E-state index is 0.227. The van der Waals surface area contributed by atoms with E-state index in [2.05, 4.69) is 10.1 Å². The van der Waals surface area contributed by atoms with Crippen molar-refractivity contribution in [3.63, 3.8) is 0 Å². The summed E-state index contributed by atoms with van der Waals surface area (Å²) in [6.45, 7) is -1.81. The van der Waals surface area contributed by atoms with Crippen LogP contribution < -0.4 is 10.1 Å². The molecule has 0 aromatic heterocycles. The van der Waals surface area contributed by atoms with Gasteiger partial charge in [0.2, 0.25) is 0 Å². The summed E-state index contributed by atoms with van der Waals surface area (Å²) in [4.78, 5) is 35.5. The van der Waals surface area contributed by atoms with Gasteiger partial charge in [0.25, 0.3) is 5.91 Å². The highest BCUT2D eigenvalue weighted by Crippen LogP contribution is 2.21. The van der Waals surface area contributed by atoms with Gasteiger partial charge in [-0.2, -0.15) is 8.78 Å². The summed E-state index contributed by atoms with van der Waals surface area (Å²) in [6, 6.07) is 11.2. The van der Waals surface area contributed by atoms with Crippen molar-refractivity contribution in [3.05, 3.63) is 59.7 Å². The molecular weight excluding hydrogens is 376 g/mol. The summed E-state index contributed by atoms with van der Waals surface area (Å²) >= 11 is 0. The molecule has 0 radical (unpaired) electrons. The Morgan fingerprint density at radius 1 is 0.964 bits per heavy atom. The number of halogens is 2. The fraction of sp³-hybridized carbons (Fsp3) is 0.211. The van der Waals surface area contributed by atoms with Crippen LogP contribution in [0.2, 0.25) is 0 Å². The Morgan fingerprint density at radius 2 is 1.64 bits per heavy atom. The highest BCUT2D eigenvalue weighted by Gasteiger charge is 2.17. The van der Waals surface area contributed by atoms with Crippen molar-refractivity contribution >= 4 is 23.5 Å². The summed E-state index contributed by atoms with van der Waals surface area (Å²) in [6.07, 6.45) is 0. The van der Waals surface area contributed by atoms with E-state index < -0.39 is 31.1 Å². The summed E-state index contributed by atoms with van der Waals surface area (Å²) in [7, 11) is 0. The third-order valence-corrected chi connectivity index (χ3v) is 3.34. The fourth-order valence-electron chi connectivity index (χ4n) is 2.14. The molecule has 7 nitrogen and oxygen atoms in total. The van der Waals surface area contributed by atoms with Crippen molar-refractivity contribution in [2.45, 2.75) is 13.5 Å². The van der Waals surface area contributed by atoms with Crippen molar-refractivity contribution in [2.75, 3.05) is 18.5 Å². The second-order valence-electron chi connectivity index (χ2n) is 5.30. The molecule has 0 aliphatic rings. The number of carbonyl (C=O) groups is 3. The third kappa shape index (κ3) is 6.04. The average molecular weight is 393 g/mol. The van der Waals surface area contributed by atoms with Gasteiger partial charge in [0.15, 0.2) is 6.61 Å². The van der Waals surface area contributed by atoms with E-state index in [0.717, 1.165) is 0 Å². The summed E-state index contributed by atoms with van der Waals surface area (Å²) in [5.41, 5.74) is 0.465. The lowest BCUT2D eigenvalue weighted by molar-refractivity contribution is -0.119. The monoisotopic (exact) mass is 393 g/mol. The predicted octanol–water partition coefficient (Wildman–Crippen LogP) is 3.26. The Labute approximate surface area is 159 Å². The normalized spacial score (nSPS) is 10.3. The van der Waals surface area contributed by atoms with Crippen LogP contribution >= 0.6 is 0 Å². The van der Waals surface area contributed by atoms with Gasteiger partial charge in [-0.3, -0.25) is 4.79 Å². The zero-order valence-electron chi connectivity index (χ0n) is 14.8. The molecule has 0 saturated carbocycles. The lowest BCUT2D eigenvalue weighted by Crippen LogP contribution is -2.21. The van der Waals surface area contributed by atoms with Gasteiger partial charge >= 0.3 is 18.6 Å². The topological polar surface area (TPSA) is 90.9 Å². The van der Waals surface area contributed by atoms with E-state index in [4.69, 9.17) is 9.47 Å². The number of carbonyl (C=O) groups excluding carboxylic acids is 3. The lowest BCUT2D eigenvalue weighted by atomic mass is 10.2. The first-order chi connectivity index (χ1) is 13.4.